The normalized spacial score (nSPS) is 18.5. The van der Waals surface area contributed by atoms with Crippen molar-refractivity contribution in [2.45, 2.75) is 12.0 Å². The zero-order chi connectivity index (χ0) is 17.4. The van der Waals surface area contributed by atoms with Crippen LogP contribution in [0.25, 0.3) is 0 Å². The van der Waals surface area contributed by atoms with Gasteiger partial charge in [0.2, 0.25) is 0 Å². The Hall–Kier alpha value is -2.88. The molecule has 2 nitrogen and oxygen atoms in total. The van der Waals surface area contributed by atoms with E-state index in [1.807, 2.05) is 48.5 Å². The van der Waals surface area contributed by atoms with Crippen molar-refractivity contribution in [3.8, 4) is 11.5 Å². The molecule has 2 atom stereocenters. The lowest BCUT2D eigenvalue weighted by atomic mass is 9.85. The lowest BCUT2D eigenvalue weighted by molar-refractivity contribution is 0.221. The van der Waals surface area contributed by atoms with Crippen LogP contribution in [0, 0.1) is 11.6 Å². The third-order valence-corrected chi connectivity index (χ3v) is 4.54. The van der Waals surface area contributed by atoms with Crippen molar-refractivity contribution >= 4 is 0 Å². The Labute approximate surface area is 144 Å². The van der Waals surface area contributed by atoms with Gasteiger partial charge >= 0.3 is 0 Å². The number of rotatable bonds is 3. The van der Waals surface area contributed by atoms with Crippen LogP contribution in [0.5, 0.6) is 11.5 Å². The smallest absolute Gasteiger partial charge is 0.159 e. The minimum absolute atomic E-state index is 0.224. The van der Waals surface area contributed by atoms with E-state index in [0.29, 0.717) is 17.1 Å². The summed E-state index contributed by atoms with van der Waals surface area (Å²) in [6.45, 7) is 0. The monoisotopic (exact) mass is 338 g/mol. The fourth-order valence-corrected chi connectivity index (χ4v) is 3.33. The first-order chi connectivity index (χ1) is 12.2. The summed E-state index contributed by atoms with van der Waals surface area (Å²) in [5, 5.41) is 0. The van der Waals surface area contributed by atoms with E-state index in [1.54, 1.807) is 13.2 Å². The summed E-state index contributed by atoms with van der Waals surface area (Å²) in [6.07, 6.45) is -0.312. The molecule has 0 spiro atoms. The van der Waals surface area contributed by atoms with Gasteiger partial charge in [0, 0.05) is 11.6 Å². The number of hydrogen-bond donors (Lipinski definition) is 0. The predicted molar refractivity (Wildman–Crippen MR) is 91.0 cm³/mol. The zero-order valence-corrected chi connectivity index (χ0v) is 13.6. The van der Waals surface area contributed by atoms with Gasteiger partial charge in [0.1, 0.15) is 17.6 Å². The Balaban J connectivity index is 1.85. The lowest BCUT2D eigenvalue weighted by Crippen LogP contribution is -2.11. The molecule has 0 aliphatic carbocycles. The molecule has 0 amide bonds. The second-order valence-electron chi connectivity index (χ2n) is 6.00. The van der Waals surface area contributed by atoms with Crippen LogP contribution in [-0.2, 0) is 0 Å². The maximum Gasteiger partial charge on any atom is 0.159 e. The second kappa shape index (κ2) is 6.20. The van der Waals surface area contributed by atoms with Crippen LogP contribution in [-0.4, -0.2) is 7.11 Å². The summed E-state index contributed by atoms with van der Waals surface area (Å²) >= 11 is 0. The molecule has 4 rings (SSSR count). The van der Waals surface area contributed by atoms with Crippen molar-refractivity contribution in [2.75, 3.05) is 7.11 Å². The average Bonchev–Trinajstić information content (AvgIpc) is 3.03. The molecule has 0 saturated carbocycles. The maximum absolute atomic E-state index is 13.8. The Morgan fingerprint density at radius 3 is 2.36 bits per heavy atom. The van der Waals surface area contributed by atoms with Gasteiger partial charge < -0.3 is 9.47 Å². The van der Waals surface area contributed by atoms with Crippen molar-refractivity contribution in [3.63, 3.8) is 0 Å². The SMILES string of the molecule is COc1ccc2c(c1)OC(c1ccccc1)C2c1ccc(F)c(F)c1. The first-order valence-corrected chi connectivity index (χ1v) is 8.02. The van der Waals surface area contributed by atoms with Gasteiger partial charge in [-0.15, -0.1) is 0 Å². The molecule has 1 aliphatic rings. The highest BCUT2D eigenvalue weighted by molar-refractivity contribution is 5.52. The van der Waals surface area contributed by atoms with Gasteiger partial charge in [-0.1, -0.05) is 42.5 Å². The molecule has 1 heterocycles. The third kappa shape index (κ3) is 2.74. The highest BCUT2D eigenvalue weighted by atomic mass is 19.2. The minimum atomic E-state index is -0.855. The summed E-state index contributed by atoms with van der Waals surface area (Å²) in [5.41, 5.74) is 2.59. The van der Waals surface area contributed by atoms with Gasteiger partial charge in [0.05, 0.1) is 13.0 Å². The largest absolute Gasteiger partial charge is 0.497 e. The van der Waals surface area contributed by atoms with E-state index in [9.17, 15) is 8.78 Å². The summed E-state index contributed by atoms with van der Waals surface area (Å²) in [5.74, 6) is -0.544. The van der Waals surface area contributed by atoms with Crippen molar-refractivity contribution in [3.05, 3.63) is 95.1 Å². The van der Waals surface area contributed by atoms with Crippen LogP contribution >= 0.6 is 0 Å². The van der Waals surface area contributed by atoms with Gasteiger partial charge in [-0.3, -0.25) is 0 Å². The summed E-state index contributed by atoms with van der Waals surface area (Å²) < 4.78 is 38.6. The van der Waals surface area contributed by atoms with E-state index in [0.717, 1.165) is 17.2 Å². The first kappa shape index (κ1) is 15.6. The second-order valence-corrected chi connectivity index (χ2v) is 6.00. The topological polar surface area (TPSA) is 18.5 Å². The fourth-order valence-electron chi connectivity index (χ4n) is 3.33. The van der Waals surface area contributed by atoms with E-state index in [4.69, 9.17) is 9.47 Å². The van der Waals surface area contributed by atoms with Crippen LogP contribution in [0.4, 0.5) is 8.78 Å². The predicted octanol–water partition coefficient (Wildman–Crippen LogP) is 5.24. The summed E-state index contributed by atoms with van der Waals surface area (Å²) in [4.78, 5) is 0. The molecule has 1 aliphatic heterocycles. The molecule has 3 aromatic carbocycles. The highest BCUT2D eigenvalue weighted by Gasteiger charge is 2.37. The number of fused-ring (bicyclic) bond motifs is 1. The number of ether oxygens (including phenoxy) is 2. The molecule has 0 N–H and O–H groups in total. The zero-order valence-electron chi connectivity index (χ0n) is 13.6. The molecule has 3 aromatic rings. The van der Waals surface area contributed by atoms with Crippen LogP contribution in [0.1, 0.15) is 28.7 Å². The standard InChI is InChI=1S/C21H16F2O2/c1-24-15-8-9-16-19(12-15)25-21(13-5-3-2-4-6-13)20(16)14-7-10-17(22)18(23)11-14/h2-12,20-21H,1H3. The van der Waals surface area contributed by atoms with Crippen LogP contribution in [0.3, 0.4) is 0 Å². The molecule has 2 unspecified atom stereocenters. The van der Waals surface area contributed by atoms with E-state index in [2.05, 4.69) is 0 Å². The molecule has 0 bridgehead atoms. The summed E-state index contributed by atoms with van der Waals surface area (Å²) in [6, 6.07) is 19.4. The molecule has 25 heavy (non-hydrogen) atoms. The molecule has 126 valence electrons. The first-order valence-electron chi connectivity index (χ1n) is 8.02. The molecule has 0 aromatic heterocycles. The molecule has 0 radical (unpaired) electrons. The van der Waals surface area contributed by atoms with Gasteiger partial charge in [0.25, 0.3) is 0 Å². The maximum atomic E-state index is 13.8. The van der Waals surface area contributed by atoms with Crippen LogP contribution < -0.4 is 9.47 Å². The van der Waals surface area contributed by atoms with E-state index < -0.39 is 11.6 Å². The molecular weight excluding hydrogens is 322 g/mol. The molecule has 0 fully saturated rings. The minimum Gasteiger partial charge on any atom is -0.497 e. The van der Waals surface area contributed by atoms with Gasteiger partial charge in [0.15, 0.2) is 11.6 Å². The van der Waals surface area contributed by atoms with Gasteiger partial charge in [-0.25, -0.2) is 8.78 Å². The molecule has 0 saturated heterocycles. The Bertz CT molecular complexity index is 909. The van der Waals surface area contributed by atoms with Crippen molar-refractivity contribution < 1.29 is 18.3 Å². The van der Waals surface area contributed by atoms with Crippen molar-refractivity contribution in [1.29, 1.82) is 0 Å². The third-order valence-electron chi connectivity index (χ3n) is 4.54. The number of halogens is 2. The van der Waals surface area contributed by atoms with Crippen LogP contribution in [0.15, 0.2) is 66.7 Å². The Morgan fingerprint density at radius 2 is 1.64 bits per heavy atom. The Morgan fingerprint density at radius 1 is 0.840 bits per heavy atom. The number of hydrogen-bond acceptors (Lipinski definition) is 2. The number of benzene rings is 3. The van der Waals surface area contributed by atoms with E-state index >= 15 is 0 Å². The van der Waals surface area contributed by atoms with Gasteiger partial charge in [-0.05, 0) is 29.3 Å². The van der Waals surface area contributed by atoms with E-state index in [-0.39, 0.29) is 12.0 Å². The quantitative estimate of drug-likeness (QED) is 0.650. The van der Waals surface area contributed by atoms with Crippen LogP contribution in [0.2, 0.25) is 0 Å². The summed E-state index contributed by atoms with van der Waals surface area (Å²) in [7, 11) is 1.60. The van der Waals surface area contributed by atoms with Crippen molar-refractivity contribution in [2.24, 2.45) is 0 Å². The highest BCUT2D eigenvalue weighted by Crippen LogP contribution is 2.50. The van der Waals surface area contributed by atoms with E-state index in [1.165, 1.54) is 6.07 Å². The molecule has 4 heteroatoms. The lowest BCUT2D eigenvalue weighted by Gasteiger charge is -2.20. The number of methoxy groups -OCH3 is 1. The Kier molecular flexibility index (Phi) is 3.88. The average molecular weight is 338 g/mol. The molecular formula is C21H16F2O2. The fraction of sp³-hybridized carbons (Fsp3) is 0.143. The van der Waals surface area contributed by atoms with Crippen molar-refractivity contribution in [1.82, 2.24) is 0 Å². The van der Waals surface area contributed by atoms with Gasteiger partial charge in [-0.2, -0.15) is 0 Å².